The highest BCUT2D eigenvalue weighted by Crippen LogP contribution is 2.36. The van der Waals surface area contributed by atoms with Gasteiger partial charge in [0.05, 0.1) is 6.10 Å². The average Bonchev–Trinajstić information content (AvgIpc) is 3.83. The molecule has 6 aliphatic rings. The molecule has 2 aliphatic carbocycles. The van der Waals surface area contributed by atoms with Crippen LogP contribution in [-0.2, 0) is 52.3 Å². The summed E-state index contributed by atoms with van der Waals surface area (Å²) in [5.74, 6) is -2.26. The summed E-state index contributed by atoms with van der Waals surface area (Å²) in [7, 11) is 0. The Labute approximate surface area is 291 Å². The Morgan fingerprint density at radius 3 is 1.71 bits per heavy atom. The minimum atomic E-state index is -0.718. The predicted octanol–water partition coefficient (Wildman–Crippen LogP) is 4.84. The highest BCUT2D eigenvalue weighted by molar-refractivity contribution is 5.97. The number of ether oxygens (including phenoxy) is 8. The molecule has 4 heterocycles. The lowest BCUT2D eigenvalue weighted by Gasteiger charge is -2.18. The SMILES string of the molecule is C=CC.C=CC(O)C1OC(C)(C)O[C@@H]1C=C.C=C[C@H]1OC(C)(C)OC1C=O.CC1(C)OC2C(=O)C=C[C@H]2O1.CC1(C)O[C@H]2CCC(=O)[C@H]2O1. The van der Waals surface area contributed by atoms with Gasteiger partial charge in [-0.2, -0.15) is 0 Å². The molecule has 0 aromatic heterocycles. The fraction of sp³-hybridized carbons (Fsp3) is 0.649. The van der Waals surface area contributed by atoms with Crippen molar-refractivity contribution >= 4 is 17.9 Å². The lowest BCUT2D eigenvalue weighted by Crippen LogP contribution is -2.32. The highest BCUT2D eigenvalue weighted by atomic mass is 16.8. The van der Waals surface area contributed by atoms with E-state index in [4.69, 9.17) is 37.9 Å². The third kappa shape index (κ3) is 12.3. The molecule has 0 spiro atoms. The zero-order valence-electron chi connectivity index (χ0n) is 30.4. The molecule has 0 aromatic rings. The molecule has 4 aliphatic heterocycles. The van der Waals surface area contributed by atoms with Crippen LogP contribution < -0.4 is 0 Å². The number of Topliss-reactive ketones (excluding diaryl/α,β-unsaturated/α-hetero) is 1. The van der Waals surface area contributed by atoms with Crippen LogP contribution in [0.2, 0.25) is 0 Å². The number of ketones is 2. The number of hydrogen-bond acceptors (Lipinski definition) is 12. The van der Waals surface area contributed by atoms with Gasteiger partial charge in [-0.05, 0) is 80.9 Å². The van der Waals surface area contributed by atoms with Gasteiger partial charge in [-0.3, -0.25) is 9.59 Å². The Morgan fingerprint density at radius 2 is 1.22 bits per heavy atom. The van der Waals surface area contributed by atoms with Crippen molar-refractivity contribution in [3.8, 4) is 0 Å². The van der Waals surface area contributed by atoms with Crippen molar-refractivity contribution in [1.29, 1.82) is 0 Å². The van der Waals surface area contributed by atoms with Crippen LogP contribution in [0.3, 0.4) is 0 Å². The van der Waals surface area contributed by atoms with Gasteiger partial charge in [0, 0.05) is 6.42 Å². The quantitative estimate of drug-likeness (QED) is 0.311. The van der Waals surface area contributed by atoms with E-state index in [1.165, 1.54) is 12.2 Å². The molecule has 1 N–H and O–H groups in total. The molecule has 0 bridgehead atoms. The number of rotatable bonds is 5. The summed E-state index contributed by atoms with van der Waals surface area (Å²) in [6.07, 6.45) is 8.87. The molecule has 12 heteroatoms. The van der Waals surface area contributed by atoms with Crippen LogP contribution >= 0.6 is 0 Å². The maximum absolute atomic E-state index is 11.1. The molecule has 0 aromatic carbocycles. The average molecular weight is 693 g/mol. The molecule has 0 amide bonds. The number of aldehydes is 1. The third-order valence-electron chi connectivity index (χ3n) is 7.54. The fourth-order valence-corrected chi connectivity index (χ4v) is 5.68. The van der Waals surface area contributed by atoms with Gasteiger partial charge in [-0.15, -0.1) is 26.3 Å². The van der Waals surface area contributed by atoms with Crippen molar-refractivity contribution in [2.45, 2.75) is 153 Å². The molecular formula is C37H56O12. The van der Waals surface area contributed by atoms with Gasteiger partial charge in [0.2, 0.25) is 0 Å². The first kappa shape index (κ1) is 42.5. The molecule has 4 unspecified atom stereocenters. The standard InChI is InChI=1S/C10H16O3.C8H12O3.C8H10O3.C8H12O3.C3H6/c1-5-7(11)9-8(6-2)12-10(3,4)13-9;2*1-8(2)10-6-4-3-5(9)7(6)11-8;1-4-6-7(5-9)11-8(2,3)10-6;1-3-2/h5-9,11H,1-2H2,3-4H3;6-7H,3-4H2,1-2H3;3-4,6-7H,1-2H3;4-7H,1H2,2-3H3;3H,1H2,2H3/t7?,8-,9?;6-,7+;2*6-,7?;/m1011./s1. The van der Waals surface area contributed by atoms with E-state index >= 15 is 0 Å². The van der Waals surface area contributed by atoms with Crippen molar-refractivity contribution in [1.82, 2.24) is 0 Å². The van der Waals surface area contributed by atoms with E-state index in [1.54, 1.807) is 52.0 Å². The molecule has 276 valence electrons. The van der Waals surface area contributed by atoms with Gasteiger partial charge < -0.3 is 47.8 Å². The molecule has 0 radical (unpaired) electrons. The van der Waals surface area contributed by atoms with Gasteiger partial charge in [0.15, 0.2) is 47.1 Å². The summed E-state index contributed by atoms with van der Waals surface area (Å²) in [5.41, 5.74) is 0. The summed E-state index contributed by atoms with van der Waals surface area (Å²) in [4.78, 5) is 32.6. The minimum absolute atomic E-state index is 0.0144. The van der Waals surface area contributed by atoms with Crippen LogP contribution in [0.15, 0.2) is 62.8 Å². The normalized spacial score (nSPS) is 35.3. The lowest BCUT2D eigenvalue weighted by atomic mass is 10.1. The number of aliphatic hydroxyl groups is 1. The smallest absolute Gasteiger partial charge is 0.187 e. The zero-order valence-corrected chi connectivity index (χ0v) is 30.4. The monoisotopic (exact) mass is 692 g/mol. The highest BCUT2D eigenvalue weighted by Gasteiger charge is 2.49. The Bertz CT molecular complexity index is 1190. The first-order valence-electron chi connectivity index (χ1n) is 16.4. The van der Waals surface area contributed by atoms with Gasteiger partial charge in [-0.1, -0.05) is 24.3 Å². The van der Waals surface area contributed by atoms with Crippen LogP contribution in [0.5, 0.6) is 0 Å². The molecule has 6 rings (SSSR count). The van der Waals surface area contributed by atoms with E-state index in [9.17, 15) is 19.5 Å². The summed E-state index contributed by atoms with van der Waals surface area (Å²) in [6, 6.07) is 0. The summed E-state index contributed by atoms with van der Waals surface area (Å²) in [6.45, 7) is 30.4. The van der Waals surface area contributed by atoms with E-state index < -0.39 is 41.5 Å². The number of fused-ring (bicyclic) bond motifs is 2. The Balaban J connectivity index is 0.000000221. The van der Waals surface area contributed by atoms with Crippen LogP contribution in [-0.4, -0.2) is 101 Å². The van der Waals surface area contributed by atoms with Gasteiger partial charge >= 0.3 is 0 Å². The molecular weight excluding hydrogens is 636 g/mol. The van der Waals surface area contributed by atoms with E-state index in [0.717, 1.165) is 12.7 Å². The number of carbonyl (C=O) groups excluding carboxylic acids is 3. The van der Waals surface area contributed by atoms with Crippen molar-refractivity contribution in [2.75, 3.05) is 0 Å². The zero-order chi connectivity index (χ0) is 37.4. The number of carbonyl (C=O) groups is 3. The summed E-state index contributed by atoms with van der Waals surface area (Å²) in [5, 5.41) is 9.52. The maximum Gasteiger partial charge on any atom is 0.187 e. The van der Waals surface area contributed by atoms with E-state index in [2.05, 4.69) is 26.3 Å². The second kappa shape index (κ2) is 17.5. The van der Waals surface area contributed by atoms with Crippen molar-refractivity contribution in [3.63, 3.8) is 0 Å². The fourth-order valence-electron chi connectivity index (χ4n) is 5.68. The number of hydrogen-bond donors (Lipinski definition) is 1. The Morgan fingerprint density at radius 1 is 0.735 bits per heavy atom. The van der Waals surface area contributed by atoms with E-state index in [-0.39, 0.29) is 48.2 Å². The van der Waals surface area contributed by atoms with E-state index in [1.807, 2.05) is 34.6 Å². The third-order valence-corrected chi connectivity index (χ3v) is 7.54. The van der Waals surface area contributed by atoms with Crippen LogP contribution in [0.4, 0.5) is 0 Å². The van der Waals surface area contributed by atoms with Gasteiger partial charge in [0.1, 0.15) is 42.7 Å². The van der Waals surface area contributed by atoms with E-state index in [0.29, 0.717) is 6.42 Å². The largest absolute Gasteiger partial charge is 0.386 e. The van der Waals surface area contributed by atoms with Crippen molar-refractivity contribution in [2.24, 2.45) is 0 Å². The minimum Gasteiger partial charge on any atom is -0.386 e. The molecule has 49 heavy (non-hydrogen) atoms. The second-order valence-corrected chi connectivity index (χ2v) is 13.8. The Kier molecular flexibility index (Phi) is 15.2. The molecule has 12 nitrogen and oxygen atoms in total. The first-order chi connectivity index (χ1) is 22.7. The molecule has 5 fully saturated rings. The predicted molar refractivity (Wildman–Crippen MR) is 182 cm³/mol. The van der Waals surface area contributed by atoms with Crippen molar-refractivity contribution in [3.05, 3.63) is 62.8 Å². The second-order valence-electron chi connectivity index (χ2n) is 13.8. The first-order valence-corrected chi connectivity index (χ1v) is 16.4. The molecule has 9 atom stereocenters. The van der Waals surface area contributed by atoms with Crippen LogP contribution in [0.1, 0.15) is 75.2 Å². The maximum atomic E-state index is 11.1. The number of aliphatic hydroxyl groups excluding tert-OH is 1. The van der Waals surface area contributed by atoms with Gasteiger partial charge in [-0.25, -0.2) is 0 Å². The molecule has 4 saturated heterocycles. The topological polar surface area (TPSA) is 145 Å². The van der Waals surface area contributed by atoms with Gasteiger partial charge in [0.25, 0.3) is 0 Å². The summed E-state index contributed by atoms with van der Waals surface area (Å²) < 4.78 is 43.2. The number of allylic oxidation sites excluding steroid dienone is 1. The summed E-state index contributed by atoms with van der Waals surface area (Å²) >= 11 is 0. The van der Waals surface area contributed by atoms with Crippen LogP contribution in [0, 0.1) is 0 Å². The lowest BCUT2D eigenvalue weighted by molar-refractivity contribution is -0.159. The van der Waals surface area contributed by atoms with Crippen LogP contribution in [0.25, 0.3) is 0 Å². The van der Waals surface area contributed by atoms with Crippen molar-refractivity contribution < 1.29 is 57.4 Å². The Hall–Kier alpha value is -2.65. The molecule has 1 saturated carbocycles.